The van der Waals surface area contributed by atoms with Gasteiger partial charge in [0.25, 0.3) is 0 Å². The fraction of sp³-hybridized carbons (Fsp3) is 0.167. The van der Waals surface area contributed by atoms with Crippen LogP contribution in [0.1, 0.15) is 12.5 Å². The van der Waals surface area contributed by atoms with Gasteiger partial charge in [0.15, 0.2) is 16.6 Å². The van der Waals surface area contributed by atoms with E-state index in [2.05, 4.69) is 22.7 Å². The Kier molecular flexibility index (Phi) is 3.78. The van der Waals surface area contributed by atoms with Crippen LogP contribution in [0.15, 0.2) is 28.9 Å². The van der Waals surface area contributed by atoms with Gasteiger partial charge in [-0.05, 0) is 42.4 Å². The van der Waals surface area contributed by atoms with Crippen molar-refractivity contribution in [2.75, 3.05) is 6.79 Å². The molecule has 2 rings (SSSR count). The van der Waals surface area contributed by atoms with Gasteiger partial charge in [-0.3, -0.25) is 5.43 Å². The van der Waals surface area contributed by atoms with Crippen LogP contribution in [0.2, 0.25) is 0 Å². The third-order valence-electron chi connectivity index (χ3n) is 2.23. The second kappa shape index (κ2) is 5.50. The van der Waals surface area contributed by atoms with Crippen LogP contribution in [0, 0.1) is 0 Å². The zero-order chi connectivity index (χ0) is 13.0. The first-order valence-electron chi connectivity index (χ1n) is 5.31. The molecule has 6 heteroatoms. The van der Waals surface area contributed by atoms with E-state index in [1.165, 1.54) is 0 Å². The van der Waals surface area contributed by atoms with Gasteiger partial charge in [-0.15, -0.1) is 0 Å². The summed E-state index contributed by atoms with van der Waals surface area (Å²) < 4.78 is 10.5. The maximum absolute atomic E-state index is 5.30. The van der Waals surface area contributed by atoms with Gasteiger partial charge in [0.05, 0.1) is 6.21 Å². The number of thiocarbonyl (C=S) groups is 1. The molecule has 0 aromatic heterocycles. The smallest absolute Gasteiger partial charge is 0.231 e. The molecule has 1 aliphatic rings. The zero-order valence-corrected chi connectivity index (χ0v) is 10.7. The number of fused-ring (bicyclic) bond motifs is 1. The van der Waals surface area contributed by atoms with E-state index < -0.39 is 0 Å². The summed E-state index contributed by atoms with van der Waals surface area (Å²) in [5.74, 6) is 1.53. The van der Waals surface area contributed by atoms with Gasteiger partial charge in [-0.1, -0.05) is 12.1 Å². The fourth-order valence-electron chi connectivity index (χ4n) is 1.50. The molecular formula is C12H13N3O2S. The number of nitrogens with one attached hydrogen (secondary N) is 1. The molecule has 1 aromatic carbocycles. The average molecular weight is 263 g/mol. The molecule has 0 aliphatic carbocycles. The number of allylic oxidation sites excluding steroid dienone is 1. The molecule has 1 heterocycles. The third-order valence-corrected chi connectivity index (χ3v) is 2.33. The largest absolute Gasteiger partial charge is 0.454 e. The number of ether oxygens (including phenoxy) is 2. The summed E-state index contributed by atoms with van der Waals surface area (Å²) >= 11 is 4.63. The van der Waals surface area contributed by atoms with Crippen LogP contribution in [0.3, 0.4) is 0 Å². The summed E-state index contributed by atoms with van der Waals surface area (Å²) in [7, 11) is 0. The maximum Gasteiger partial charge on any atom is 0.231 e. The second-order valence-corrected chi connectivity index (χ2v) is 4.18. The van der Waals surface area contributed by atoms with Crippen LogP contribution in [0.25, 0.3) is 6.08 Å². The Bertz CT molecular complexity index is 526. The minimum absolute atomic E-state index is 0.141. The molecule has 18 heavy (non-hydrogen) atoms. The van der Waals surface area contributed by atoms with E-state index in [9.17, 15) is 0 Å². The van der Waals surface area contributed by atoms with E-state index in [1.807, 2.05) is 31.2 Å². The Morgan fingerprint density at radius 2 is 2.22 bits per heavy atom. The lowest BCUT2D eigenvalue weighted by molar-refractivity contribution is 0.174. The van der Waals surface area contributed by atoms with Crippen LogP contribution < -0.4 is 20.6 Å². The highest BCUT2D eigenvalue weighted by Gasteiger charge is 2.12. The first-order chi connectivity index (χ1) is 8.65. The molecule has 94 valence electrons. The standard InChI is InChI=1S/C12H13N3O2S/c1-8(6-14-15-12(13)18)4-9-2-3-10-11(5-9)17-7-16-10/h2-6H,7H2,1H3,(H3,13,15,18)/b8-4-,14-6-. The Balaban J connectivity index is 2.08. The van der Waals surface area contributed by atoms with Crippen LogP contribution in [0.4, 0.5) is 0 Å². The van der Waals surface area contributed by atoms with Crippen molar-refractivity contribution in [3.05, 3.63) is 29.3 Å². The van der Waals surface area contributed by atoms with Gasteiger partial charge in [0.1, 0.15) is 0 Å². The van der Waals surface area contributed by atoms with Crippen molar-refractivity contribution in [1.29, 1.82) is 0 Å². The molecule has 0 radical (unpaired) electrons. The average Bonchev–Trinajstić information content (AvgIpc) is 2.75. The van der Waals surface area contributed by atoms with Crippen LogP contribution in [-0.4, -0.2) is 18.1 Å². The summed E-state index contributed by atoms with van der Waals surface area (Å²) in [6.07, 6.45) is 3.61. The van der Waals surface area contributed by atoms with Crippen LogP contribution in [-0.2, 0) is 0 Å². The summed E-state index contributed by atoms with van der Waals surface area (Å²) in [4.78, 5) is 0. The molecule has 0 spiro atoms. The second-order valence-electron chi connectivity index (χ2n) is 3.74. The topological polar surface area (TPSA) is 68.9 Å². The first kappa shape index (κ1) is 12.4. The summed E-state index contributed by atoms with van der Waals surface area (Å²) in [6.45, 7) is 2.20. The van der Waals surface area contributed by atoms with E-state index in [-0.39, 0.29) is 11.9 Å². The van der Waals surface area contributed by atoms with Crippen LogP contribution in [0.5, 0.6) is 11.5 Å². The van der Waals surface area contributed by atoms with Crippen molar-refractivity contribution >= 4 is 29.6 Å². The van der Waals surface area contributed by atoms with Crippen LogP contribution >= 0.6 is 12.2 Å². The maximum atomic E-state index is 5.30. The van der Waals surface area contributed by atoms with E-state index in [4.69, 9.17) is 15.2 Å². The predicted octanol–water partition coefficient (Wildman–Crippen LogP) is 1.64. The number of hydrogen-bond acceptors (Lipinski definition) is 4. The molecule has 0 atom stereocenters. The normalized spacial score (nSPS) is 13.9. The lowest BCUT2D eigenvalue weighted by atomic mass is 10.1. The number of nitrogens with two attached hydrogens (primary N) is 1. The van der Waals surface area contributed by atoms with Crippen molar-refractivity contribution in [2.45, 2.75) is 6.92 Å². The van der Waals surface area contributed by atoms with Gasteiger partial charge in [-0.25, -0.2) is 0 Å². The van der Waals surface area contributed by atoms with Gasteiger partial charge >= 0.3 is 0 Å². The highest BCUT2D eigenvalue weighted by atomic mass is 32.1. The van der Waals surface area contributed by atoms with Crippen molar-refractivity contribution < 1.29 is 9.47 Å². The molecule has 3 N–H and O–H groups in total. The third kappa shape index (κ3) is 3.21. The molecule has 1 aromatic rings. The minimum atomic E-state index is 0.141. The number of rotatable bonds is 3. The van der Waals surface area contributed by atoms with Gasteiger partial charge in [0, 0.05) is 0 Å². The number of hydrogen-bond donors (Lipinski definition) is 2. The van der Waals surface area contributed by atoms with E-state index in [1.54, 1.807) is 6.21 Å². The van der Waals surface area contributed by atoms with E-state index >= 15 is 0 Å². The summed E-state index contributed by atoms with van der Waals surface area (Å²) in [5.41, 5.74) is 9.72. The highest BCUT2D eigenvalue weighted by Crippen LogP contribution is 2.32. The Hall–Kier alpha value is -2.08. The predicted molar refractivity (Wildman–Crippen MR) is 74.6 cm³/mol. The number of hydrazone groups is 1. The van der Waals surface area contributed by atoms with Gasteiger partial charge < -0.3 is 15.2 Å². The Labute approximate surface area is 110 Å². The lowest BCUT2D eigenvalue weighted by Crippen LogP contribution is -2.23. The molecule has 0 fully saturated rings. The van der Waals surface area contributed by atoms with Gasteiger partial charge in [-0.2, -0.15) is 5.10 Å². The number of nitrogens with zero attached hydrogens (tertiary/aromatic N) is 1. The fourth-order valence-corrected chi connectivity index (χ4v) is 1.55. The molecule has 0 unspecified atom stereocenters. The van der Waals surface area contributed by atoms with Gasteiger partial charge in [0.2, 0.25) is 6.79 Å². The molecule has 5 nitrogen and oxygen atoms in total. The molecule has 0 saturated heterocycles. The minimum Gasteiger partial charge on any atom is -0.454 e. The summed E-state index contributed by atoms with van der Waals surface area (Å²) in [5, 5.41) is 4.01. The quantitative estimate of drug-likeness (QED) is 0.493. The molecule has 0 amide bonds. The highest BCUT2D eigenvalue weighted by molar-refractivity contribution is 7.80. The number of benzene rings is 1. The Morgan fingerprint density at radius 3 is 3.00 bits per heavy atom. The van der Waals surface area contributed by atoms with E-state index in [0.717, 1.165) is 22.6 Å². The van der Waals surface area contributed by atoms with Crippen molar-refractivity contribution in [1.82, 2.24) is 5.43 Å². The Morgan fingerprint density at radius 1 is 1.44 bits per heavy atom. The van der Waals surface area contributed by atoms with Crippen molar-refractivity contribution in [2.24, 2.45) is 10.8 Å². The molecular weight excluding hydrogens is 250 g/mol. The summed E-state index contributed by atoms with van der Waals surface area (Å²) in [6, 6.07) is 5.75. The molecule has 1 aliphatic heterocycles. The zero-order valence-electron chi connectivity index (χ0n) is 9.84. The molecule has 0 bridgehead atoms. The SMILES string of the molecule is CC(/C=N\NC(N)=S)=C/c1ccc2c(c1)OCO2. The van der Waals surface area contributed by atoms with E-state index in [0.29, 0.717) is 0 Å². The first-order valence-corrected chi connectivity index (χ1v) is 5.72. The monoisotopic (exact) mass is 263 g/mol. The lowest BCUT2D eigenvalue weighted by Gasteiger charge is -1.99. The van der Waals surface area contributed by atoms with Crippen molar-refractivity contribution in [3.8, 4) is 11.5 Å². The van der Waals surface area contributed by atoms with Crippen molar-refractivity contribution in [3.63, 3.8) is 0 Å². The molecule has 0 saturated carbocycles.